The first-order chi connectivity index (χ1) is 10.9. The number of amides is 2. The maximum Gasteiger partial charge on any atom is 0.315 e. The van der Waals surface area contributed by atoms with Crippen LogP contribution in [-0.2, 0) is 10.3 Å². The lowest BCUT2D eigenvalue weighted by atomic mass is 9.76. The smallest absolute Gasteiger partial charge is 0.315 e. The van der Waals surface area contributed by atoms with Crippen LogP contribution in [0.5, 0.6) is 0 Å². The lowest BCUT2D eigenvalue weighted by Gasteiger charge is -2.38. The minimum Gasteiger partial charge on any atom is -0.481 e. The van der Waals surface area contributed by atoms with Gasteiger partial charge in [0, 0.05) is 18.2 Å². The first-order valence-corrected chi connectivity index (χ1v) is 7.66. The number of nitrogens with one attached hydrogen (secondary N) is 2. The molecule has 2 rings (SSSR count). The quantitative estimate of drug-likeness (QED) is 0.778. The minimum absolute atomic E-state index is 0.0108. The van der Waals surface area contributed by atoms with Crippen molar-refractivity contribution < 1.29 is 23.5 Å². The first-order valence-electron chi connectivity index (χ1n) is 7.66. The fourth-order valence-corrected chi connectivity index (χ4v) is 3.04. The Labute approximate surface area is 133 Å². The second-order valence-corrected chi connectivity index (χ2v) is 5.79. The number of halogens is 2. The first kappa shape index (κ1) is 17.2. The van der Waals surface area contributed by atoms with Crippen LogP contribution in [0.25, 0.3) is 0 Å². The van der Waals surface area contributed by atoms with Gasteiger partial charge in [-0.1, -0.05) is 25.3 Å². The number of urea groups is 1. The van der Waals surface area contributed by atoms with Gasteiger partial charge in [0.1, 0.15) is 11.6 Å². The zero-order chi connectivity index (χ0) is 16.9. The summed E-state index contributed by atoms with van der Waals surface area (Å²) in [7, 11) is 0. The molecule has 1 aliphatic rings. The molecule has 1 aromatic carbocycles. The summed E-state index contributed by atoms with van der Waals surface area (Å²) >= 11 is 0. The SMILES string of the molecule is O=C(O)CCNC(=O)NC1(c2ccc(F)cc2F)CCCCC1. The van der Waals surface area contributed by atoms with Crippen molar-refractivity contribution >= 4 is 12.0 Å². The second-order valence-electron chi connectivity index (χ2n) is 5.79. The van der Waals surface area contributed by atoms with Crippen molar-refractivity contribution in [1.82, 2.24) is 10.6 Å². The van der Waals surface area contributed by atoms with Crippen molar-refractivity contribution in [2.45, 2.75) is 44.1 Å². The zero-order valence-corrected chi connectivity index (χ0v) is 12.7. The van der Waals surface area contributed by atoms with E-state index >= 15 is 0 Å². The number of carboxylic acids is 1. The molecule has 3 N–H and O–H groups in total. The number of benzene rings is 1. The number of carbonyl (C=O) groups excluding carboxylic acids is 1. The molecule has 0 saturated heterocycles. The molecule has 0 unspecified atom stereocenters. The van der Waals surface area contributed by atoms with Gasteiger partial charge in [-0.15, -0.1) is 0 Å². The van der Waals surface area contributed by atoms with Crippen LogP contribution < -0.4 is 10.6 Å². The summed E-state index contributed by atoms with van der Waals surface area (Å²) in [5.41, 5.74) is -0.615. The molecule has 1 saturated carbocycles. The normalized spacial score (nSPS) is 16.6. The number of hydrogen-bond acceptors (Lipinski definition) is 2. The van der Waals surface area contributed by atoms with Gasteiger partial charge < -0.3 is 15.7 Å². The molecule has 0 aliphatic heterocycles. The zero-order valence-electron chi connectivity index (χ0n) is 12.7. The van der Waals surface area contributed by atoms with E-state index in [9.17, 15) is 18.4 Å². The molecule has 1 fully saturated rings. The van der Waals surface area contributed by atoms with Gasteiger partial charge in [-0.25, -0.2) is 13.6 Å². The van der Waals surface area contributed by atoms with E-state index in [0.29, 0.717) is 12.8 Å². The monoisotopic (exact) mass is 326 g/mol. The molecule has 1 aliphatic carbocycles. The van der Waals surface area contributed by atoms with E-state index in [-0.39, 0.29) is 18.5 Å². The molecule has 2 amide bonds. The molecular weight excluding hydrogens is 306 g/mol. The average molecular weight is 326 g/mol. The summed E-state index contributed by atoms with van der Waals surface area (Å²) in [6, 6.07) is 2.82. The minimum atomic E-state index is -1.01. The predicted octanol–water partition coefficient (Wildman–Crippen LogP) is 2.90. The molecule has 0 heterocycles. The van der Waals surface area contributed by atoms with Gasteiger partial charge in [0.05, 0.1) is 12.0 Å². The molecule has 126 valence electrons. The van der Waals surface area contributed by atoms with Gasteiger partial charge in [-0.05, 0) is 18.9 Å². The van der Waals surface area contributed by atoms with E-state index < -0.39 is 29.2 Å². The van der Waals surface area contributed by atoms with Crippen LogP contribution in [0, 0.1) is 11.6 Å². The highest BCUT2D eigenvalue weighted by atomic mass is 19.1. The molecule has 0 bridgehead atoms. The Kier molecular flexibility index (Phi) is 5.52. The number of carbonyl (C=O) groups is 2. The fraction of sp³-hybridized carbons (Fsp3) is 0.500. The van der Waals surface area contributed by atoms with Crippen molar-refractivity contribution in [3.8, 4) is 0 Å². The third kappa shape index (κ3) is 4.40. The summed E-state index contributed by atoms with van der Waals surface area (Å²) in [5, 5.41) is 13.8. The Morgan fingerprint density at radius 3 is 2.48 bits per heavy atom. The van der Waals surface area contributed by atoms with Gasteiger partial charge in [-0.3, -0.25) is 4.79 Å². The number of carboxylic acid groups (broad SMARTS) is 1. The molecule has 0 aromatic heterocycles. The molecule has 5 nitrogen and oxygen atoms in total. The van der Waals surface area contributed by atoms with Crippen LogP contribution in [-0.4, -0.2) is 23.7 Å². The highest BCUT2D eigenvalue weighted by Crippen LogP contribution is 2.38. The van der Waals surface area contributed by atoms with E-state index in [4.69, 9.17) is 5.11 Å². The van der Waals surface area contributed by atoms with Gasteiger partial charge in [0.25, 0.3) is 0 Å². The van der Waals surface area contributed by atoms with Crippen molar-refractivity contribution in [1.29, 1.82) is 0 Å². The summed E-state index contributed by atoms with van der Waals surface area (Å²) in [5.74, 6) is -2.36. The highest BCUT2D eigenvalue weighted by molar-refractivity contribution is 5.76. The van der Waals surface area contributed by atoms with Crippen LogP contribution in [0.3, 0.4) is 0 Å². The van der Waals surface area contributed by atoms with Gasteiger partial charge in [0.2, 0.25) is 0 Å². The number of hydrogen-bond donors (Lipinski definition) is 3. The number of aliphatic carboxylic acids is 1. The third-order valence-electron chi connectivity index (χ3n) is 4.13. The summed E-state index contributed by atoms with van der Waals surface area (Å²) in [6.45, 7) is -0.0108. The van der Waals surface area contributed by atoms with Gasteiger partial charge in [-0.2, -0.15) is 0 Å². The van der Waals surface area contributed by atoms with Gasteiger partial charge >= 0.3 is 12.0 Å². The van der Waals surface area contributed by atoms with Crippen LogP contribution in [0.1, 0.15) is 44.1 Å². The van der Waals surface area contributed by atoms with Crippen molar-refractivity contribution in [3.05, 3.63) is 35.4 Å². The second kappa shape index (κ2) is 7.39. The molecule has 23 heavy (non-hydrogen) atoms. The maximum atomic E-state index is 14.2. The van der Waals surface area contributed by atoms with Crippen LogP contribution >= 0.6 is 0 Å². The Hall–Kier alpha value is -2.18. The molecule has 7 heteroatoms. The maximum absolute atomic E-state index is 14.2. The lowest BCUT2D eigenvalue weighted by molar-refractivity contribution is -0.136. The van der Waals surface area contributed by atoms with Crippen molar-refractivity contribution in [3.63, 3.8) is 0 Å². The van der Waals surface area contributed by atoms with Crippen molar-refractivity contribution in [2.75, 3.05) is 6.54 Å². The standard InChI is InChI=1S/C16H20F2N2O3/c17-11-4-5-12(13(18)10-11)16(7-2-1-3-8-16)20-15(23)19-9-6-14(21)22/h4-5,10H,1-3,6-9H2,(H,21,22)(H2,19,20,23). The Morgan fingerprint density at radius 1 is 1.17 bits per heavy atom. The molecular formula is C16H20F2N2O3. The Morgan fingerprint density at radius 2 is 1.87 bits per heavy atom. The topological polar surface area (TPSA) is 78.4 Å². The molecule has 0 spiro atoms. The Bertz CT molecular complexity index is 587. The van der Waals surface area contributed by atoms with Crippen molar-refractivity contribution in [2.24, 2.45) is 0 Å². The largest absolute Gasteiger partial charge is 0.481 e. The highest BCUT2D eigenvalue weighted by Gasteiger charge is 2.37. The fourth-order valence-electron chi connectivity index (χ4n) is 3.04. The number of rotatable bonds is 5. The Balaban J connectivity index is 2.15. The predicted molar refractivity (Wildman–Crippen MR) is 79.9 cm³/mol. The molecule has 0 radical (unpaired) electrons. The van der Waals surface area contributed by atoms with Crippen LogP contribution in [0.2, 0.25) is 0 Å². The summed E-state index contributed by atoms with van der Waals surface area (Å²) < 4.78 is 27.3. The van der Waals surface area contributed by atoms with E-state index in [1.165, 1.54) is 12.1 Å². The van der Waals surface area contributed by atoms with Gasteiger partial charge in [0.15, 0.2) is 0 Å². The molecule has 1 aromatic rings. The van der Waals surface area contributed by atoms with E-state index in [1.807, 2.05) is 0 Å². The molecule has 0 atom stereocenters. The lowest BCUT2D eigenvalue weighted by Crippen LogP contribution is -2.51. The third-order valence-corrected chi connectivity index (χ3v) is 4.13. The van der Waals surface area contributed by atoms with E-state index in [1.54, 1.807) is 0 Å². The van der Waals surface area contributed by atoms with E-state index in [0.717, 1.165) is 25.3 Å². The summed E-state index contributed by atoms with van der Waals surface area (Å²) in [6.07, 6.45) is 3.57. The van der Waals surface area contributed by atoms with Crippen LogP contribution in [0.4, 0.5) is 13.6 Å². The van der Waals surface area contributed by atoms with Crippen LogP contribution in [0.15, 0.2) is 18.2 Å². The summed E-state index contributed by atoms with van der Waals surface area (Å²) in [4.78, 5) is 22.5. The van der Waals surface area contributed by atoms with E-state index in [2.05, 4.69) is 10.6 Å². The average Bonchev–Trinajstić information content (AvgIpc) is 2.47.